The van der Waals surface area contributed by atoms with Crippen LogP contribution in [0.15, 0.2) is 42.7 Å². The molecular formula is C22H26O11. The predicted molar refractivity (Wildman–Crippen MR) is 106 cm³/mol. The number of rotatable bonds is 6. The average molecular weight is 466 g/mol. The standard InChI is InChI=1S/C22H26O11/c23-9-22-13-11(14(24)18(22)33-22)6-7-29-20(13)32-21-17(27)16(26)15(25)12(31-21)8-30-19(28)10-4-2-1-3-5-10/h1-7,11-18,20-21,23-27H,8-9H2/t11-,12-,13-,14+,15-,16+,17-,18+,20+,21+,22-/m1/s1. The predicted octanol–water partition coefficient (Wildman–Crippen LogP) is -1.73. The second kappa shape index (κ2) is 8.60. The summed E-state index contributed by atoms with van der Waals surface area (Å²) in [5.41, 5.74) is -0.736. The normalized spacial score (nSPS) is 45.6. The molecule has 0 spiro atoms. The Morgan fingerprint density at radius 2 is 1.76 bits per heavy atom. The molecule has 3 aliphatic heterocycles. The summed E-state index contributed by atoms with van der Waals surface area (Å²) in [5.74, 6) is -1.65. The number of epoxide rings is 1. The molecule has 0 bridgehead atoms. The fourth-order valence-corrected chi connectivity index (χ4v) is 4.98. The number of fused-ring (bicyclic) bond motifs is 3. The van der Waals surface area contributed by atoms with Crippen LogP contribution in [0.5, 0.6) is 0 Å². The van der Waals surface area contributed by atoms with Gasteiger partial charge >= 0.3 is 5.97 Å². The molecule has 3 heterocycles. The number of carbonyl (C=O) groups is 1. The number of aliphatic hydroxyl groups is 5. The quantitative estimate of drug-likeness (QED) is 0.239. The summed E-state index contributed by atoms with van der Waals surface area (Å²) in [6.07, 6.45) is -6.97. The third-order valence-electron chi connectivity index (χ3n) is 6.83. The smallest absolute Gasteiger partial charge is 0.338 e. The van der Waals surface area contributed by atoms with Gasteiger partial charge in [0.25, 0.3) is 0 Å². The van der Waals surface area contributed by atoms with E-state index < -0.39 is 79.2 Å². The Kier molecular flexibility index (Phi) is 5.91. The molecule has 1 saturated carbocycles. The van der Waals surface area contributed by atoms with Gasteiger partial charge < -0.3 is 49.2 Å². The van der Waals surface area contributed by atoms with E-state index in [0.717, 1.165) is 0 Å². The van der Waals surface area contributed by atoms with Gasteiger partial charge in [-0.15, -0.1) is 0 Å². The highest BCUT2D eigenvalue weighted by Crippen LogP contribution is 2.59. The van der Waals surface area contributed by atoms with Crippen LogP contribution in [0.3, 0.4) is 0 Å². The number of aliphatic hydroxyl groups excluding tert-OH is 5. The lowest BCUT2D eigenvalue weighted by molar-refractivity contribution is -0.344. The highest BCUT2D eigenvalue weighted by Gasteiger charge is 2.75. The molecule has 0 radical (unpaired) electrons. The molecule has 5 N–H and O–H groups in total. The number of hydrogen-bond donors (Lipinski definition) is 5. The van der Waals surface area contributed by atoms with E-state index in [1.165, 1.54) is 6.26 Å². The van der Waals surface area contributed by atoms with Crippen LogP contribution in [0, 0.1) is 11.8 Å². The minimum atomic E-state index is -1.65. The zero-order chi connectivity index (χ0) is 23.3. The topological polar surface area (TPSA) is 168 Å². The van der Waals surface area contributed by atoms with Crippen LogP contribution in [0.1, 0.15) is 10.4 Å². The number of ether oxygens (including phenoxy) is 5. The molecule has 2 saturated heterocycles. The van der Waals surface area contributed by atoms with Crippen LogP contribution in [-0.2, 0) is 23.7 Å². The largest absolute Gasteiger partial charge is 0.472 e. The molecular weight excluding hydrogens is 440 g/mol. The lowest BCUT2D eigenvalue weighted by atomic mass is 9.85. The second-order valence-electron chi connectivity index (χ2n) is 8.69. The zero-order valence-electron chi connectivity index (χ0n) is 17.4. The maximum Gasteiger partial charge on any atom is 0.338 e. The van der Waals surface area contributed by atoms with Gasteiger partial charge in [-0.05, 0) is 18.2 Å². The molecule has 0 amide bonds. The highest BCUT2D eigenvalue weighted by molar-refractivity contribution is 5.89. The van der Waals surface area contributed by atoms with Crippen molar-refractivity contribution >= 4 is 5.97 Å². The summed E-state index contributed by atoms with van der Waals surface area (Å²) >= 11 is 0. The Morgan fingerprint density at radius 1 is 1.00 bits per heavy atom. The van der Waals surface area contributed by atoms with Gasteiger partial charge in [0.05, 0.1) is 30.5 Å². The van der Waals surface area contributed by atoms with E-state index in [9.17, 15) is 30.3 Å². The van der Waals surface area contributed by atoms with Gasteiger partial charge in [0.2, 0.25) is 6.29 Å². The first-order chi connectivity index (χ1) is 15.9. The Hall–Kier alpha value is -2.09. The summed E-state index contributed by atoms with van der Waals surface area (Å²) in [5, 5.41) is 51.4. The molecule has 11 atom stereocenters. The fraction of sp³-hybridized carbons (Fsp3) is 0.591. The molecule has 0 aromatic heterocycles. The van der Waals surface area contributed by atoms with Gasteiger partial charge in [0, 0.05) is 5.92 Å². The van der Waals surface area contributed by atoms with Crippen molar-refractivity contribution in [3.8, 4) is 0 Å². The summed E-state index contributed by atoms with van der Waals surface area (Å²) in [7, 11) is 0. The molecule has 1 aromatic carbocycles. The first-order valence-electron chi connectivity index (χ1n) is 10.7. The van der Waals surface area contributed by atoms with Crippen molar-refractivity contribution in [3.05, 3.63) is 48.2 Å². The van der Waals surface area contributed by atoms with E-state index in [1.807, 2.05) is 0 Å². The van der Waals surface area contributed by atoms with Crippen molar-refractivity contribution in [2.24, 2.45) is 11.8 Å². The Morgan fingerprint density at radius 3 is 2.48 bits per heavy atom. The molecule has 4 aliphatic rings. The molecule has 1 aromatic rings. The lowest BCUT2D eigenvalue weighted by Crippen LogP contribution is -2.60. The number of hydrogen-bond acceptors (Lipinski definition) is 11. The van der Waals surface area contributed by atoms with Crippen LogP contribution in [-0.4, -0.2) is 99.5 Å². The molecule has 180 valence electrons. The summed E-state index contributed by atoms with van der Waals surface area (Å²) < 4.78 is 27.7. The van der Waals surface area contributed by atoms with Crippen LogP contribution < -0.4 is 0 Å². The van der Waals surface area contributed by atoms with Gasteiger partial charge in [0.1, 0.15) is 42.7 Å². The lowest BCUT2D eigenvalue weighted by Gasteiger charge is -2.43. The van der Waals surface area contributed by atoms with Crippen LogP contribution >= 0.6 is 0 Å². The van der Waals surface area contributed by atoms with Gasteiger partial charge in [-0.25, -0.2) is 4.79 Å². The van der Waals surface area contributed by atoms with E-state index in [2.05, 4.69) is 0 Å². The first-order valence-corrected chi connectivity index (χ1v) is 10.7. The zero-order valence-corrected chi connectivity index (χ0v) is 17.4. The van der Waals surface area contributed by atoms with E-state index in [4.69, 9.17) is 23.7 Å². The minimum Gasteiger partial charge on any atom is -0.472 e. The summed E-state index contributed by atoms with van der Waals surface area (Å²) in [6.45, 7) is -0.763. The monoisotopic (exact) mass is 466 g/mol. The third-order valence-corrected chi connectivity index (χ3v) is 6.83. The Balaban J connectivity index is 1.27. The third kappa shape index (κ3) is 3.74. The van der Waals surface area contributed by atoms with Crippen molar-refractivity contribution in [1.29, 1.82) is 0 Å². The van der Waals surface area contributed by atoms with Gasteiger partial charge in [-0.1, -0.05) is 18.2 Å². The molecule has 11 heteroatoms. The Labute approximate surface area is 188 Å². The van der Waals surface area contributed by atoms with Crippen molar-refractivity contribution in [1.82, 2.24) is 0 Å². The van der Waals surface area contributed by atoms with E-state index in [-0.39, 0.29) is 6.61 Å². The van der Waals surface area contributed by atoms with Gasteiger partial charge in [0.15, 0.2) is 6.29 Å². The number of carbonyl (C=O) groups excluding carboxylic acids is 1. The SMILES string of the molecule is O=C(OC[C@H]1O[C@@H](O[C@@H]2OC=C[C@H]3[C@H](O)[C@@H]4O[C@]4(CO)[C@@H]23)[C@H](O)[C@@H](O)[C@@H]1O)c1ccccc1. The fourth-order valence-electron chi connectivity index (χ4n) is 4.98. The average Bonchev–Trinajstić information content (AvgIpc) is 3.53. The van der Waals surface area contributed by atoms with Crippen LogP contribution in [0.2, 0.25) is 0 Å². The van der Waals surface area contributed by atoms with Crippen LogP contribution in [0.4, 0.5) is 0 Å². The summed E-state index contributed by atoms with van der Waals surface area (Å²) in [6, 6.07) is 8.22. The number of benzene rings is 1. The number of esters is 1. The molecule has 11 nitrogen and oxygen atoms in total. The Bertz CT molecular complexity index is 894. The maximum atomic E-state index is 12.2. The van der Waals surface area contributed by atoms with E-state index in [1.54, 1.807) is 36.4 Å². The van der Waals surface area contributed by atoms with E-state index in [0.29, 0.717) is 5.56 Å². The van der Waals surface area contributed by atoms with E-state index >= 15 is 0 Å². The molecule has 5 rings (SSSR count). The minimum absolute atomic E-state index is 0.303. The molecule has 0 unspecified atom stereocenters. The summed E-state index contributed by atoms with van der Waals surface area (Å²) in [4.78, 5) is 12.2. The van der Waals surface area contributed by atoms with Gasteiger partial charge in [-0.2, -0.15) is 0 Å². The van der Waals surface area contributed by atoms with Crippen molar-refractivity contribution < 1.29 is 54.0 Å². The van der Waals surface area contributed by atoms with Crippen molar-refractivity contribution in [2.75, 3.05) is 13.2 Å². The van der Waals surface area contributed by atoms with Crippen molar-refractivity contribution in [2.45, 2.75) is 54.8 Å². The molecule has 33 heavy (non-hydrogen) atoms. The van der Waals surface area contributed by atoms with Crippen molar-refractivity contribution in [3.63, 3.8) is 0 Å². The first kappa shape index (κ1) is 22.7. The highest BCUT2D eigenvalue weighted by atomic mass is 16.8. The second-order valence-corrected chi connectivity index (χ2v) is 8.69. The molecule has 1 aliphatic carbocycles. The van der Waals surface area contributed by atoms with Gasteiger partial charge in [-0.3, -0.25) is 0 Å². The maximum absolute atomic E-state index is 12.2. The van der Waals surface area contributed by atoms with Crippen LogP contribution in [0.25, 0.3) is 0 Å². The molecule has 3 fully saturated rings.